The van der Waals surface area contributed by atoms with E-state index in [1.807, 2.05) is 29.8 Å². The number of nitrogen functional groups attached to an aromatic ring is 1. The van der Waals surface area contributed by atoms with Crippen LogP contribution in [0, 0.1) is 5.41 Å². The molecule has 0 aliphatic rings. The number of hydrogen-bond acceptors (Lipinski definition) is 7. The molecule has 4 rings (SSSR count). The van der Waals surface area contributed by atoms with Gasteiger partial charge in [-0.25, -0.2) is 4.98 Å². The summed E-state index contributed by atoms with van der Waals surface area (Å²) in [5.74, 6) is 0.199. The Bertz CT molecular complexity index is 1420. The van der Waals surface area contributed by atoms with Crippen LogP contribution in [0.25, 0.3) is 11.0 Å². The van der Waals surface area contributed by atoms with E-state index in [4.69, 9.17) is 20.9 Å². The zero-order valence-electron chi connectivity index (χ0n) is 20.8. The van der Waals surface area contributed by atoms with E-state index in [9.17, 15) is 9.59 Å². The summed E-state index contributed by atoms with van der Waals surface area (Å²) in [5.41, 5.74) is 9.68. The lowest BCUT2D eigenvalue weighted by Crippen LogP contribution is -2.33. The van der Waals surface area contributed by atoms with Crippen molar-refractivity contribution in [2.75, 3.05) is 23.4 Å². The standard InChI is InChI=1S/C27H29N7O3/c1-3-37-25(35)12-14-34(21-5-4-13-30-16-21)27(36)19-8-11-23-22(15-19)32-24(33(23)2)17-31-20-9-6-18(7-10-20)26(28)29/h4-11,13,15-16,31H,3,12,14,17H2,1-2H3,(H3,28,29). The van der Waals surface area contributed by atoms with Gasteiger partial charge in [-0.05, 0) is 61.5 Å². The molecule has 2 heterocycles. The summed E-state index contributed by atoms with van der Waals surface area (Å²) in [7, 11) is 1.92. The Morgan fingerprint density at radius 2 is 1.89 bits per heavy atom. The second-order valence-corrected chi connectivity index (χ2v) is 8.36. The van der Waals surface area contributed by atoms with Crippen LogP contribution in [0.2, 0.25) is 0 Å². The molecule has 2 aromatic heterocycles. The smallest absolute Gasteiger partial charge is 0.307 e. The molecule has 2 aromatic carbocycles. The number of pyridine rings is 1. The maximum Gasteiger partial charge on any atom is 0.307 e. The molecule has 4 aromatic rings. The zero-order chi connectivity index (χ0) is 26.4. The molecule has 1 amide bonds. The molecule has 10 heteroatoms. The van der Waals surface area contributed by atoms with Gasteiger partial charge in [-0.15, -0.1) is 0 Å². The summed E-state index contributed by atoms with van der Waals surface area (Å²) in [6.45, 7) is 2.67. The minimum atomic E-state index is -0.363. The first kappa shape index (κ1) is 25.4. The van der Waals surface area contributed by atoms with Crippen molar-refractivity contribution in [3.8, 4) is 0 Å². The zero-order valence-corrected chi connectivity index (χ0v) is 20.8. The number of aromatic nitrogens is 3. The van der Waals surface area contributed by atoms with Gasteiger partial charge in [-0.3, -0.25) is 20.0 Å². The number of anilines is 2. The van der Waals surface area contributed by atoms with Crippen molar-refractivity contribution in [3.05, 3.63) is 83.9 Å². The lowest BCUT2D eigenvalue weighted by atomic mass is 10.1. The first-order chi connectivity index (χ1) is 17.9. The van der Waals surface area contributed by atoms with E-state index in [1.165, 1.54) is 4.90 Å². The largest absolute Gasteiger partial charge is 0.466 e. The molecule has 0 atom stereocenters. The monoisotopic (exact) mass is 499 g/mol. The van der Waals surface area contributed by atoms with Gasteiger partial charge in [-0.1, -0.05) is 0 Å². The quantitative estimate of drug-likeness (QED) is 0.172. The predicted octanol–water partition coefficient (Wildman–Crippen LogP) is 3.46. The number of nitrogens with zero attached hydrogens (tertiary/aromatic N) is 4. The average molecular weight is 500 g/mol. The summed E-state index contributed by atoms with van der Waals surface area (Å²) < 4.78 is 7.00. The second kappa shape index (κ2) is 11.3. The summed E-state index contributed by atoms with van der Waals surface area (Å²) in [6.07, 6.45) is 3.29. The Kier molecular flexibility index (Phi) is 7.77. The molecule has 0 spiro atoms. The number of amidine groups is 1. The molecular weight excluding hydrogens is 470 g/mol. The van der Waals surface area contributed by atoms with Crippen LogP contribution in [0.5, 0.6) is 0 Å². The number of carbonyl (C=O) groups is 2. The molecular formula is C27H29N7O3. The van der Waals surface area contributed by atoms with Crippen LogP contribution in [0.4, 0.5) is 11.4 Å². The van der Waals surface area contributed by atoms with Crippen LogP contribution in [0.15, 0.2) is 67.0 Å². The van der Waals surface area contributed by atoms with Crippen molar-refractivity contribution in [1.29, 1.82) is 5.41 Å². The minimum Gasteiger partial charge on any atom is -0.466 e. The number of imidazole rings is 1. The van der Waals surface area contributed by atoms with E-state index in [-0.39, 0.29) is 37.3 Å². The normalized spacial score (nSPS) is 10.8. The molecule has 0 saturated heterocycles. The highest BCUT2D eigenvalue weighted by Gasteiger charge is 2.21. The highest BCUT2D eigenvalue weighted by atomic mass is 16.5. The number of amides is 1. The van der Waals surface area contributed by atoms with Crippen molar-refractivity contribution in [2.24, 2.45) is 12.8 Å². The van der Waals surface area contributed by atoms with Crippen molar-refractivity contribution in [3.63, 3.8) is 0 Å². The van der Waals surface area contributed by atoms with E-state index >= 15 is 0 Å². The van der Waals surface area contributed by atoms with Gasteiger partial charge in [0, 0.05) is 36.6 Å². The Hall–Kier alpha value is -4.73. The van der Waals surface area contributed by atoms with Gasteiger partial charge in [-0.2, -0.15) is 0 Å². The van der Waals surface area contributed by atoms with Crippen molar-refractivity contribution in [2.45, 2.75) is 19.9 Å². The number of nitrogens with one attached hydrogen (secondary N) is 2. The lowest BCUT2D eigenvalue weighted by molar-refractivity contribution is -0.142. The Balaban J connectivity index is 1.54. The number of fused-ring (bicyclic) bond motifs is 1. The Labute approximate surface area is 214 Å². The molecule has 4 N–H and O–H groups in total. The summed E-state index contributed by atoms with van der Waals surface area (Å²) in [5, 5.41) is 10.8. The van der Waals surface area contributed by atoms with Crippen LogP contribution in [-0.4, -0.2) is 45.4 Å². The van der Waals surface area contributed by atoms with Crippen LogP contribution < -0.4 is 16.0 Å². The van der Waals surface area contributed by atoms with Crippen molar-refractivity contribution >= 4 is 40.1 Å². The molecule has 0 bridgehead atoms. The first-order valence-corrected chi connectivity index (χ1v) is 11.9. The van der Waals surface area contributed by atoms with Crippen LogP contribution >= 0.6 is 0 Å². The molecule has 0 aliphatic heterocycles. The third-order valence-electron chi connectivity index (χ3n) is 5.91. The van der Waals surface area contributed by atoms with Gasteiger partial charge in [0.05, 0.1) is 42.5 Å². The molecule has 190 valence electrons. The Morgan fingerprint density at radius 3 is 2.57 bits per heavy atom. The van der Waals surface area contributed by atoms with Crippen molar-refractivity contribution < 1.29 is 14.3 Å². The second-order valence-electron chi connectivity index (χ2n) is 8.36. The molecule has 0 unspecified atom stereocenters. The van der Waals surface area contributed by atoms with Gasteiger partial charge in [0.2, 0.25) is 0 Å². The maximum absolute atomic E-state index is 13.5. The highest BCUT2D eigenvalue weighted by Crippen LogP contribution is 2.22. The van der Waals surface area contributed by atoms with Gasteiger partial charge >= 0.3 is 5.97 Å². The van der Waals surface area contributed by atoms with Crippen molar-refractivity contribution in [1.82, 2.24) is 14.5 Å². The number of hydrogen-bond donors (Lipinski definition) is 3. The maximum atomic E-state index is 13.5. The topological polar surface area (TPSA) is 139 Å². The van der Waals surface area contributed by atoms with Crippen LogP contribution in [0.3, 0.4) is 0 Å². The average Bonchev–Trinajstić information content (AvgIpc) is 3.23. The van der Waals surface area contributed by atoms with Crippen LogP contribution in [0.1, 0.15) is 35.1 Å². The summed E-state index contributed by atoms with van der Waals surface area (Å²) in [6, 6.07) is 16.2. The molecule has 0 fully saturated rings. The fourth-order valence-corrected chi connectivity index (χ4v) is 3.94. The number of nitrogens with two attached hydrogens (primary N) is 1. The number of esters is 1. The van der Waals surface area contributed by atoms with E-state index in [0.717, 1.165) is 17.0 Å². The third-order valence-corrected chi connectivity index (χ3v) is 5.91. The van der Waals surface area contributed by atoms with E-state index in [0.29, 0.717) is 28.9 Å². The molecule has 10 nitrogen and oxygen atoms in total. The first-order valence-electron chi connectivity index (χ1n) is 11.9. The Morgan fingerprint density at radius 1 is 1.14 bits per heavy atom. The number of benzene rings is 2. The third kappa shape index (κ3) is 5.92. The van der Waals surface area contributed by atoms with Gasteiger partial charge in [0.15, 0.2) is 0 Å². The predicted molar refractivity (Wildman–Crippen MR) is 143 cm³/mol. The lowest BCUT2D eigenvalue weighted by Gasteiger charge is -2.22. The van der Waals surface area contributed by atoms with Gasteiger partial charge in [0.1, 0.15) is 11.7 Å². The number of aryl methyl sites for hydroxylation is 1. The number of ether oxygens (including phenoxy) is 1. The number of rotatable bonds is 10. The van der Waals surface area contributed by atoms with Crippen LogP contribution in [-0.2, 0) is 23.1 Å². The van der Waals surface area contributed by atoms with E-state index < -0.39 is 0 Å². The summed E-state index contributed by atoms with van der Waals surface area (Å²) in [4.78, 5) is 35.9. The fraction of sp³-hybridized carbons (Fsp3) is 0.222. The molecule has 37 heavy (non-hydrogen) atoms. The summed E-state index contributed by atoms with van der Waals surface area (Å²) >= 11 is 0. The fourth-order valence-electron chi connectivity index (χ4n) is 3.94. The molecule has 0 radical (unpaired) electrons. The highest BCUT2D eigenvalue weighted by molar-refractivity contribution is 6.07. The van der Waals surface area contributed by atoms with E-state index in [2.05, 4.69) is 10.3 Å². The molecule has 0 aliphatic carbocycles. The van der Waals surface area contributed by atoms with Gasteiger partial charge < -0.3 is 25.3 Å². The molecule has 0 saturated carbocycles. The number of carbonyl (C=O) groups excluding carboxylic acids is 2. The van der Waals surface area contributed by atoms with E-state index in [1.54, 1.807) is 55.7 Å². The minimum absolute atomic E-state index is 0.0234. The van der Waals surface area contributed by atoms with Gasteiger partial charge in [0.25, 0.3) is 5.91 Å². The SMILES string of the molecule is CCOC(=O)CCN(C(=O)c1ccc2c(c1)nc(CNc1ccc(C(=N)N)cc1)n2C)c1cccnc1.